The van der Waals surface area contributed by atoms with Gasteiger partial charge in [-0.25, -0.2) is 4.79 Å². The standard InChI is InChI=1S/C18H31N3O3/c1-2-20(12-16(22)23)15-10-14(11-15)19-17(24)21-9-8-18(13-21)6-4-3-5-7-18/h14-15H,2-13H2,1H3,(H,19,24)(H,22,23). The van der Waals surface area contributed by atoms with Crippen molar-refractivity contribution in [2.24, 2.45) is 5.41 Å². The van der Waals surface area contributed by atoms with Gasteiger partial charge in [0.2, 0.25) is 0 Å². The van der Waals surface area contributed by atoms with Crippen LogP contribution in [0, 0.1) is 5.41 Å². The molecule has 0 aromatic heterocycles. The Hall–Kier alpha value is -1.30. The summed E-state index contributed by atoms with van der Waals surface area (Å²) in [7, 11) is 0. The van der Waals surface area contributed by atoms with Crippen molar-refractivity contribution in [2.75, 3.05) is 26.2 Å². The maximum Gasteiger partial charge on any atom is 0.317 e. The number of likely N-dealkylation sites (N-methyl/N-ethyl adjacent to an activating group) is 1. The monoisotopic (exact) mass is 337 g/mol. The van der Waals surface area contributed by atoms with E-state index in [1.165, 1.54) is 32.1 Å². The average Bonchev–Trinajstić information content (AvgIpc) is 2.92. The lowest BCUT2D eigenvalue weighted by Crippen LogP contribution is -2.56. The second kappa shape index (κ2) is 7.30. The van der Waals surface area contributed by atoms with E-state index >= 15 is 0 Å². The number of aliphatic carboxylic acids is 1. The van der Waals surface area contributed by atoms with Gasteiger partial charge >= 0.3 is 12.0 Å². The van der Waals surface area contributed by atoms with E-state index in [-0.39, 0.29) is 18.6 Å². The number of nitrogens with zero attached hydrogens (tertiary/aromatic N) is 2. The molecule has 2 N–H and O–H groups in total. The Bertz CT molecular complexity index is 470. The number of hydrogen-bond donors (Lipinski definition) is 2. The molecule has 1 spiro atoms. The minimum Gasteiger partial charge on any atom is -0.480 e. The number of carboxylic acid groups (broad SMARTS) is 1. The van der Waals surface area contributed by atoms with Crippen LogP contribution in [-0.2, 0) is 4.79 Å². The van der Waals surface area contributed by atoms with Crippen LogP contribution in [0.4, 0.5) is 4.79 Å². The fourth-order valence-corrected chi connectivity index (χ4v) is 4.76. The lowest BCUT2D eigenvalue weighted by Gasteiger charge is -2.42. The summed E-state index contributed by atoms with van der Waals surface area (Å²) in [5.41, 5.74) is 0.401. The van der Waals surface area contributed by atoms with Crippen molar-refractivity contribution in [3.8, 4) is 0 Å². The minimum atomic E-state index is -0.779. The van der Waals surface area contributed by atoms with Gasteiger partial charge in [0.05, 0.1) is 6.54 Å². The summed E-state index contributed by atoms with van der Waals surface area (Å²) < 4.78 is 0. The molecule has 2 saturated carbocycles. The highest BCUT2D eigenvalue weighted by Crippen LogP contribution is 2.43. The number of rotatable bonds is 5. The van der Waals surface area contributed by atoms with Crippen LogP contribution in [0.15, 0.2) is 0 Å². The highest BCUT2D eigenvalue weighted by Gasteiger charge is 2.42. The van der Waals surface area contributed by atoms with Crippen LogP contribution in [0.3, 0.4) is 0 Å². The zero-order chi connectivity index (χ0) is 17.2. The molecule has 2 amide bonds. The van der Waals surface area contributed by atoms with Gasteiger partial charge in [-0.05, 0) is 44.1 Å². The number of likely N-dealkylation sites (tertiary alicyclic amines) is 1. The van der Waals surface area contributed by atoms with Crippen LogP contribution >= 0.6 is 0 Å². The van der Waals surface area contributed by atoms with Crippen LogP contribution in [0.1, 0.15) is 58.3 Å². The van der Waals surface area contributed by atoms with E-state index in [2.05, 4.69) is 5.32 Å². The lowest BCUT2D eigenvalue weighted by molar-refractivity contribution is -0.139. The zero-order valence-electron chi connectivity index (χ0n) is 14.8. The Morgan fingerprint density at radius 1 is 1.21 bits per heavy atom. The topological polar surface area (TPSA) is 72.9 Å². The van der Waals surface area contributed by atoms with Crippen molar-refractivity contribution in [1.82, 2.24) is 15.1 Å². The first-order valence-corrected chi connectivity index (χ1v) is 9.53. The van der Waals surface area contributed by atoms with Gasteiger partial charge in [0.25, 0.3) is 0 Å². The smallest absolute Gasteiger partial charge is 0.317 e. The quantitative estimate of drug-likeness (QED) is 0.807. The Labute approximate surface area is 144 Å². The molecule has 0 aromatic carbocycles. The number of amides is 2. The summed E-state index contributed by atoms with van der Waals surface area (Å²) >= 11 is 0. The normalized spacial score (nSPS) is 28.8. The van der Waals surface area contributed by atoms with Crippen LogP contribution in [0.2, 0.25) is 0 Å². The second-order valence-electron chi connectivity index (χ2n) is 7.96. The number of carbonyl (C=O) groups excluding carboxylic acids is 1. The van der Waals surface area contributed by atoms with E-state index in [1.54, 1.807) is 0 Å². The predicted octanol–water partition coefficient (Wildman–Crippen LogP) is 2.29. The third-order valence-corrected chi connectivity index (χ3v) is 6.34. The molecule has 6 heteroatoms. The Balaban J connectivity index is 1.42. The highest BCUT2D eigenvalue weighted by atomic mass is 16.4. The van der Waals surface area contributed by atoms with Gasteiger partial charge in [0.1, 0.15) is 0 Å². The van der Waals surface area contributed by atoms with Crippen molar-refractivity contribution in [3.05, 3.63) is 0 Å². The first-order valence-electron chi connectivity index (χ1n) is 9.53. The minimum absolute atomic E-state index is 0.0854. The van der Waals surface area contributed by atoms with Crippen molar-refractivity contribution in [2.45, 2.75) is 70.4 Å². The molecule has 24 heavy (non-hydrogen) atoms. The zero-order valence-corrected chi connectivity index (χ0v) is 14.8. The Morgan fingerprint density at radius 3 is 2.54 bits per heavy atom. The summed E-state index contributed by atoms with van der Waals surface area (Å²) in [6, 6.07) is 0.579. The number of nitrogens with one attached hydrogen (secondary N) is 1. The molecule has 0 bridgehead atoms. The third-order valence-electron chi connectivity index (χ3n) is 6.34. The molecule has 0 radical (unpaired) electrons. The largest absolute Gasteiger partial charge is 0.480 e. The van der Waals surface area contributed by atoms with E-state index in [4.69, 9.17) is 5.11 Å². The Kier molecular flexibility index (Phi) is 5.33. The molecular weight excluding hydrogens is 306 g/mol. The maximum atomic E-state index is 12.5. The predicted molar refractivity (Wildman–Crippen MR) is 91.9 cm³/mol. The highest BCUT2D eigenvalue weighted by molar-refractivity contribution is 5.75. The van der Waals surface area contributed by atoms with Crippen LogP contribution < -0.4 is 5.32 Å². The molecular formula is C18H31N3O3. The molecule has 1 saturated heterocycles. The number of carboxylic acids is 1. The SMILES string of the molecule is CCN(CC(=O)O)C1CC(NC(=O)N2CCC3(CCCCC3)C2)C1. The van der Waals surface area contributed by atoms with E-state index in [0.29, 0.717) is 11.5 Å². The third kappa shape index (κ3) is 3.85. The summed E-state index contributed by atoms with van der Waals surface area (Å²) in [5, 5.41) is 12.1. The fraction of sp³-hybridized carbons (Fsp3) is 0.889. The van der Waals surface area contributed by atoms with Gasteiger partial charge in [-0.1, -0.05) is 26.2 Å². The molecule has 1 heterocycles. The molecule has 1 aliphatic heterocycles. The van der Waals surface area contributed by atoms with Crippen molar-refractivity contribution < 1.29 is 14.7 Å². The van der Waals surface area contributed by atoms with Gasteiger partial charge in [0, 0.05) is 25.2 Å². The molecule has 3 aliphatic rings. The molecule has 6 nitrogen and oxygen atoms in total. The van der Waals surface area contributed by atoms with E-state index in [0.717, 1.165) is 38.9 Å². The van der Waals surface area contributed by atoms with E-state index in [1.807, 2.05) is 16.7 Å². The molecule has 3 rings (SSSR count). The van der Waals surface area contributed by atoms with Crippen molar-refractivity contribution >= 4 is 12.0 Å². The lowest BCUT2D eigenvalue weighted by atomic mass is 9.73. The van der Waals surface area contributed by atoms with Gasteiger partial charge < -0.3 is 15.3 Å². The summed E-state index contributed by atoms with van der Waals surface area (Å²) in [6.45, 7) is 4.64. The van der Waals surface area contributed by atoms with Crippen molar-refractivity contribution in [1.29, 1.82) is 0 Å². The molecule has 3 fully saturated rings. The molecule has 2 aliphatic carbocycles. The van der Waals surface area contributed by atoms with Crippen LogP contribution in [0.5, 0.6) is 0 Å². The number of carbonyl (C=O) groups is 2. The van der Waals surface area contributed by atoms with Gasteiger partial charge in [0.15, 0.2) is 0 Å². The van der Waals surface area contributed by atoms with Crippen LogP contribution in [-0.4, -0.2) is 65.2 Å². The van der Waals surface area contributed by atoms with E-state index < -0.39 is 5.97 Å². The van der Waals surface area contributed by atoms with Gasteiger partial charge in [-0.2, -0.15) is 0 Å². The summed E-state index contributed by atoms with van der Waals surface area (Å²) in [5.74, 6) is -0.779. The van der Waals surface area contributed by atoms with Gasteiger partial charge in [-0.3, -0.25) is 9.69 Å². The molecule has 0 aromatic rings. The van der Waals surface area contributed by atoms with Gasteiger partial charge in [-0.15, -0.1) is 0 Å². The summed E-state index contributed by atoms with van der Waals surface area (Å²) in [6.07, 6.45) is 9.44. The Morgan fingerprint density at radius 2 is 1.92 bits per heavy atom. The summed E-state index contributed by atoms with van der Waals surface area (Å²) in [4.78, 5) is 27.4. The molecule has 136 valence electrons. The molecule has 0 atom stereocenters. The fourth-order valence-electron chi connectivity index (χ4n) is 4.76. The van der Waals surface area contributed by atoms with Crippen molar-refractivity contribution in [3.63, 3.8) is 0 Å². The number of urea groups is 1. The van der Waals surface area contributed by atoms with Crippen LogP contribution in [0.25, 0.3) is 0 Å². The first-order chi connectivity index (χ1) is 11.5. The maximum absolute atomic E-state index is 12.5. The first kappa shape index (κ1) is 17.5. The second-order valence-corrected chi connectivity index (χ2v) is 7.96. The molecule has 0 unspecified atom stereocenters. The average molecular weight is 337 g/mol. The number of hydrogen-bond acceptors (Lipinski definition) is 3. The van der Waals surface area contributed by atoms with E-state index in [9.17, 15) is 9.59 Å².